The molecule has 4 nitrogen and oxygen atoms in total. The van der Waals surface area contributed by atoms with Crippen molar-refractivity contribution in [1.29, 1.82) is 0 Å². The fraction of sp³-hybridized carbons (Fsp3) is 0.571. The average molecular weight is 248 g/mol. The van der Waals surface area contributed by atoms with Gasteiger partial charge >= 0.3 is 0 Å². The summed E-state index contributed by atoms with van der Waals surface area (Å²) in [7, 11) is 0. The zero-order valence-electron chi connectivity index (χ0n) is 10.3. The number of hydrogen-bond acceptors (Lipinski definition) is 4. The molecule has 1 aromatic rings. The van der Waals surface area contributed by atoms with E-state index in [-0.39, 0.29) is 18.1 Å². The second kappa shape index (κ2) is 3.39. The molecule has 0 unspecified atom stereocenters. The molecule has 2 aliphatic heterocycles. The number of hydrogen-bond donors (Lipinski definition) is 1. The Labute approximate surface area is 105 Å². The third-order valence-electron chi connectivity index (χ3n) is 4.69. The first kappa shape index (κ1) is 10.6. The van der Waals surface area contributed by atoms with Crippen LogP contribution in [-0.2, 0) is 16.8 Å². The molecule has 96 valence electrons. The van der Waals surface area contributed by atoms with Gasteiger partial charge in [0.25, 0.3) is 0 Å². The van der Waals surface area contributed by atoms with Crippen LogP contribution < -0.4 is 9.47 Å². The monoisotopic (exact) mass is 248 g/mol. The zero-order valence-corrected chi connectivity index (χ0v) is 10.3. The molecule has 2 heterocycles. The first-order valence-corrected chi connectivity index (χ1v) is 6.40. The van der Waals surface area contributed by atoms with Crippen molar-refractivity contribution in [1.82, 2.24) is 0 Å². The Morgan fingerprint density at radius 3 is 2.89 bits per heavy atom. The van der Waals surface area contributed by atoms with E-state index in [1.807, 2.05) is 6.07 Å². The van der Waals surface area contributed by atoms with Crippen molar-refractivity contribution in [2.75, 3.05) is 20.0 Å². The Hall–Kier alpha value is -1.26. The fourth-order valence-electron chi connectivity index (χ4n) is 3.65. The molecule has 0 amide bonds. The molecule has 0 spiro atoms. The van der Waals surface area contributed by atoms with Crippen LogP contribution in [0.2, 0.25) is 0 Å². The first-order valence-electron chi connectivity index (χ1n) is 6.40. The van der Waals surface area contributed by atoms with Crippen molar-refractivity contribution >= 4 is 0 Å². The Morgan fingerprint density at radius 1 is 1.33 bits per heavy atom. The normalized spacial score (nSPS) is 35.7. The third-order valence-corrected chi connectivity index (χ3v) is 4.69. The van der Waals surface area contributed by atoms with E-state index in [1.54, 1.807) is 0 Å². The van der Waals surface area contributed by atoms with Crippen LogP contribution in [0.15, 0.2) is 12.1 Å². The lowest BCUT2D eigenvalue weighted by Crippen LogP contribution is -2.38. The van der Waals surface area contributed by atoms with Gasteiger partial charge in [-0.05, 0) is 42.5 Å². The summed E-state index contributed by atoms with van der Waals surface area (Å²) in [4.78, 5) is 0. The molecule has 0 radical (unpaired) electrons. The summed E-state index contributed by atoms with van der Waals surface area (Å²) in [6, 6.07) is 4.10. The Morgan fingerprint density at radius 2 is 2.11 bits per heavy atom. The van der Waals surface area contributed by atoms with Crippen LogP contribution in [0.4, 0.5) is 0 Å². The molecular weight excluding hydrogens is 232 g/mol. The van der Waals surface area contributed by atoms with Crippen LogP contribution in [0.1, 0.15) is 18.1 Å². The van der Waals surface area contributed by atoms with Gasteiger partial charge in [-0.15, -0.1) is 0 Å². The number of aliphatic hydroxyl groups is 1. The van der Waals surface area contributed by atoms with Crippen molar-refractivity contribution in [3.63, 3.8) is 0 Å². The summed E-state index contributed by atoms with van der Waals surface area (Å²) in [6.07, 6.45) is 0.951. The predicted octanol–water partition coefficient (Wildman–Crippen LogP) is 1.44. The molecule has 3 atom stereocenters. The van der Waals surface area contributed by atoms with Crippen molar-refractivity contribution in [3.05, 3.63) is 23.3 Å². The van der Waals surface area contributed by atoms with E-state index >= 15 is 0 Å². The van der Waals surface area contributed by atoms with Gasteiger partial charge in [0.2, 0.25) is 6.79 Å². The Kier molecular flexibility index (Phi) is 2.01. The molecule has 1 aromatic carbocycles. The molecule has 4 rings (SSSR count). The highest BCUT2D eigenvalue weighted by Crippen LogP contribution is 2.52. The summed E-state index contributed by atoms with van der Waals surface area (Å²) in [5.74, 6) is 2.22. The Balaban J connectivity index is 1.89. The quantitative estimate of drug-likeness (QED) is 0.817. The van der Waals surface area contributed by atoms with E-state index in [4.69, 9.17) is 14.2 Å². The maximum Gasteiger partial charge on any atom is 0.231 e. The third kappa shape index (κ3) is 1.17. The van der Waals surface area contributed by atoms with Gasteiger partial charge in [0.1, 0.15) is 0 Å². The molecular formula is C14H16O4. The van der Waals surface area contributed by atoms with Gasteiger partial charge in [-0.1, -0.05) is 0 Å². The van der Waals surface area contributed by atoms with Crippen LogP contribution in [0.25, 0.3) is 0 Å². The van der Waals surface area contributed by atoms with Gasteiger partial charge in [-0.3, -0.25) is 0 Å². The van der Waals surface area contributed by atoms with Gasteiger partial charge in [-0.25, -0.2) is 0 Å². The minimum Gasteiger partial charge on any atom is -0.454 e. The maximum absolute atomic E-state index is 9.62. The van der Waals surface area contributed by atoms with Crippen molar-refractivity contribution in [2.45, 2.75) is 18.9 Å². The molecule has 3 aliphatic rings. The SMILES string of the molecule is C[C@@]12OC[C@H](Cc3cc4c(cc31)OCO4)[C@@H]2CO. The standard InChI is InChI=1S/C14H16O4/c1-14-10-4-13-12(16-7-17-13)3-8(10)2-9(6-18-14)11(14)5-15/h3-4,9,11,15H,2,5-7H2,1H3/t9-,11-,14+/m0/s1. The minimum atomic E-state index is -0.381. The number of ether oxygens (including phenoxy) is 3. The minimum absolute atomic E-state index is 0.176. The zero-order chi connectivity index (χ0) is 12.3. The molecule has 0 aromatic heterocycles. The van der Waals surface area contributed by atoms with Gasteiger partial charge in [0, 0.05) is 12.5 Å². The number of benzene rings is 1. The highest BCUT2D eigenvalue weighted by atomic mass is 16.7. The van der Waals surface area contributed by atoms with Gasteiger partial charge in [0.15, 0.2) is 11.5 Å². The molecule has 0 saturated carbocycles. The van der Waals surface area contributed by atoms with Crippen LogP contribution in [-0.4, -0.2) is 25.1 Å². The van der Waals surface area contributed by atoms with E-state index in [0.717, 1.165) is 30.1 Å². The summed E-state index contributed by atoms with van der Waals surface area (Å²) >= 11 is 0. The van der Waals surface area contributed by atoms with E-state index in [2.05, 4.69) is 13.0 Å². The molecule has 1 saturated heterocycles. The van der Waals surface area contributed by atoms with Crippen LogP contribution in [0.3, 0.4) is 0 Å². The molecule has 1 N–H and O–H groups in total. The van der Waals surface area contributed by atoms with Crippen LogP contribution >= 0.6 is 0 Å². The van der Waals surface area contributed by atoms with Crippen molar-refractivity contribution in [2.24, 2.45) is 11.8 Å². The summed E-state index contributed by atoms with van der Waals surface area (Å²) in [5, 5.41) is 9.62. The first-order chi connectivity index (χ1) is 8.72. The largest absolute Gasteiger partial charge is 0.454 e. The van der Waals surface area contributed by atoms with Gasteiger partial charge < -0.3 is 19.3 Å². The molecule has 18 heavy (non-hydrogen) atoms. The van der Waals surface area contributed by atoms with Crippen molar-refractivity contribution < 1.29 is 19.3 Å². The topological polar surface area (TPSA) is 47.9 Å². The maximum atomic E-state index is 9.62. The smallest absolute Gasteiger partial charge is 0.231 e. The van der Waals surface area contributed by atoms with E-state index in [9.17, 15) is 5.11 Å². The summed E-state index contributed by atoms with van der Waals surface area (Å²) < 4.78 is 16.9. The van der Waals surface area contributed by atoms with E-state index in [1.165, 1.54) is 5.56 Å². The molecule has 1 fully saturated rings. The number of fused-ring (bicyclic) bond motifs is 5. The second-order valence-corrected chi connectivity index (χ2v) is 5.53. The lowest BCUT2D eigenvalue weighted by atomic mass is 9.69. The highest BCUT2D eigenvalue weighted by Gasteiger charge is 2.52. The molecule has 1 aliphatic carbocycles. The lowest BCUT2D eigenvalue weighted by Gasteiger charge is -2.37. The van der Waals surface area contributed by atoms with Crippen molar-refractivity contribution in [3.8, 4) is 11.5 Å². The van der Waals surface area contributed by atoms with E-state index < -0.39 is 0 Å². The van der Waals surface area contributed by atoms with Gasteiger partial charge in [-0.2, -0.15) is 0 Å². The number of rotatable bonds is 1. The summed E-state index contributed by atoms with van der Waals surface area (Å²) in [6.45, 7) is 3.27. The van der Waals surface area contributed by atoms with E-state index in [0.29, 0.717) is 12.7 Å². The highest BCUT2D eigenvalue weighted by molar-refractivity contribution is 5.52. The summed E-state index contributed by atoms with van der Waals surface area (Å²) in [5.41, 5.74) is 2.04. The Bertz CT molecular complexity index is 513. The fourth-order valence-corrected chi connectivity index (χ4v) is 3.65. The lowest BCUT2D eigenvalue weighted by molar-refractivity contribution is -0.0260. The predicted molar refractivity (Wildman–Crippen MR) is 63.6 cm³/mol. The molecule has 4 heteroatoms. The number of aliphatic hydroxyl groups excluding tert-OH is 1. The average Bonchev–Trinajstić information content (AvgIpc) is 2.90. The second-order valence-electron chi connectivity index (χ2n) is 5.53. The molecule has 2 bridgehead atoms. The van der Waals surface area contributed by atoms with Crippen LogP contribution in [0.5, 0.6) is 11.5 Å². The van der Waals surface area contributed by atoms with Crippen LogP contribution in [0, 0.1) is 11.8 Å². The van der Waals surface area contributed by atoms with Gasteiger partial charge in [0.05, 0.1) is 12.2 Å².